The third-order valence-corrected chi connectivity index (χ3v) is 14.4. The van der Waals surface area contributed by atoms with Gasteiger partial charge in [0.1, 0.15) is 5.60 Å². The highest BCUT2D eigenvalue weighted by Gasteiger charge is 2.46. The van der Waals surface area contributed by atoms with Crippen LogP contribution < -0.4 is 4.74 Å². The number of hydrogen-bond donors (Lipinski definition) is 0. The maximum Gasteiger partial charge on any atom is 0.410 e. The van der Waals surface area contributed by atoms with Crippen molar-refractivity contribution in [3.8, 4) is 5.88 Å². The molecule has 190 valence electrons. The Morgan fingerprint density at radius 3 is 2.09 bits per heavy atom. The number of ether oxygens (including phenoxy) is 2. The summed E-state index contributed by atoms with van der Waals surface area (Å²) in [4.78, 5) is 19.3. The van der Waals surface area contributed by atoms with Crippen LogP contribution in [0, 0.1) is 0 Å². The maximum atomic E-state index is 12.5. The van der Waals surface area contributed by atoms with Crippen molar-refractivity contribution in [2.45, 2.75) is 103 Å². The third kappa shape index (κ3) is 4.86. The van der Waals surface area contributed by atoms with Gasteiger partial charge >= 0.3 is 6.09 Å². The zero-order valence-corrected chi connectivity index (χ0v) is 23.9. The lowest BCUT2D eigenvalue weighted by Crippen LogP contribution is -2.51. The van der Waals surface area contributed by atoms with Crippen LogP contribution in [0.4, 0.5) is 4.79 Å². The monoisotopic (exact) mass is 487 g/mol. The molecule has 34 heavy (non-hydrogen) atoms. The van der Waals surface area contributed by atoms with E-state index in [1.165, 1.54) is 5.52 Å². The molecule has 3 rings (SSSR count). The molecule has 0 unspecified atom stereocenters. The molecular formula is C27H45N3O3Si. The molecule has 1 fully saturated rings. The highest BCUT2D eigenvalue weighted by molar-refractivity contribution is 6.82. The van der Waals surface area contributed by atoms with Crippen molar-refractivity contribution in [3.63, 3.8) is 0 Å². The quantitative estimate of drug-likeness (QED) is 0.405. The summed E-state index contributed by atoms with van der Waals surface area (Å²) >= 11 is 0. The number of nitrogens with zero attached hydrogens (tertiary/aromatic N) is 3. The molecule has 0 aromatic carbocycles. The Morgan fingerprint density at radius 2 is 1.62 bits per heavy atom. The summed E-state index contributed by atoms with van der Waals surface area (Å²) in [7, 11) is -0.190. The average Bonchev–Trinajstić information content (AvgIpc) is 3.14. The second-order valence-electron chi connectivity index (χ2n) is 11.8. The first kappa shape index (κ1) is 26.6. The van der Waals surface area contributed by atoms with E-state index in [0.29, 0.717) is 41.5 Å². The Kier molecular flexibility index (Phi) is 7.75. The van der Waals surface area contributed by atoms with E-state index in [-0.39, 0.29) is 6.09 Å². The molecule has 2 aromatic rings. The zero-order chi connectivity index (χ0) is 25.4. The molecule has 0 bridgehead atoms. The van der Waals surface area contributed by atoms with Crippen LogP contribution in [-0.4, -0.2) is 54.2 Å². The summed E-state index contributed by atoms with van der Waals surface area (Å²) in [6, 6.07) is 4.49. The zero-order valence-electron chi connectivity index (χ0n) is 22.9. The molecule has 1 aliphatic rings. The number of likely N-dealkylation sites (tertiary alicyclic amines) is 1. The SMILES string of the molecule is COc1nc2ccn([Si](C(C)C)(C(C)C)C(C)C)c2cc1C1CCN(C(=O)OC(C)(C)C)CC1. The van der Waals surface area contributed by atoms with Crippen LogP contribution in [0.2, 0.25) is 16.6 Å². The Bertz CT molecular complexity index is 977. The van der Waals surface area contributed by atoms with E-state index in [9.17, 15) is 4.79 Å². The van der Waals surface area contributed by atoms with Crippen LogP contribution in [0.5, 0.6) is 5.88 Å². The standard InChI is InChI=1S/C27H45N3O3Si/c1-18(2)34(19(3)4,20(5)6)30-16-13-23-24(30)17-22(25(28-23)32-10)21-11-14-29(15-12-21)26(31)33-27(7,8)9/h13,16-21H,11-12,14-15H2,1-10H3. The third-order valence-electron chi connectivity index (χ3n) is 7.64. The summed E-state index contributed by atoms with van der Waals surface area (Å²) in [6.07, 6.45) is 3.81. The lowest BCUT2D eigenvalue weighted by molar-refractivity contribution is 0.0204. The highest BCUT2D eigenvalue weighted by atomic mass is 28.3. The van der Waals surface area contributed by atoms with Crippen LogP contribution >= 0.6 is 0 Å². The highest BCUT2D eigenvalue weighted by Crippen LogP contribution is 2.45. The summed E-state index contributed by atoms with van der Waals surface area (Å²) < 4.78 is 14.0. The fourth-order valence-corrected chi connectivity index (χ4v) is 13.0. The van der Waals surface area contributed by atoms with Crippen LogP contribution in [0.15, 0.2) is 18.3 Å². The van der Waals surface area contributed by atoms with Gasteiger partial charge in [-0.15, -0.1) is 0 Å². The Morgan fingerprint density at radius 1 is 1.06 bits per heavy atom. The number of methoxy groups -OCH3 is 1. The summed E-state index contributed by atoms with van der Waals surface area (Å²) in [5.41, 5.74) is 4.73. The molecule has 0 N–H and O–H groups in total. The molecule has 0 radical (unpaired) electrons. The maximum absolute atomic E-state index is 12.5. The van der Waals surface area contributed by atoms with Crippen molar-refractivity contribution in [3.05, 3.63) is 23.9 Å². The van der Waals surface area contributed by atoms with Crippen molar-refractivity contribution in [2.75, 3.05) is 20.2 Å². The molecule has 7 heteroatoms. The van der Waals surface area contributed by atoms with Gasteiger partial charge in [-0.1, -0.05) is 41.5 Å². The smallest absolute Gasteiger partial charge is 0.410 e. The lowest BCUT2D eigenvalue weighted by Gasteiger charge is -2.44. The van der Waals surface area contributed by atoms with Crippen LogP contribution in [0.25, 0.3) is 11.0 Å². The molecule has 6 nitrogen and oxygen atoms in total. The molecule has 1 amide bonds. The first-order valence-corrected chi connectivity index (χ1v) is 15.0. The first-order chi connectivity index (χ1) is 15.8. The van der Waals surface area contributed by atoms with Gasteiger partial charge in [0.05, 0.1) is 18.1 Å². The van der Waals surface area contributed by atoms with Crippen LogP contribution in [0.1, 0.15) is 86.6 Å². The minimum absolute atomic E-state index is 0.220. The fourth-order valence-electron chi connectivity index (χ4n) is 6.38. The van der Waals surface area contributed by atoms with Crippen molar-refractivity contribution >= 4 is 25.4 Å². The fraction of sp³-hybridized carbons (Fsp3) is 0.704. The first-order valence-electron chi connectivity index (χ1n) is 12.9. The lowest BCUT2D eigenvalue weighted by atomic mass is 9.90. The number of carbonyl (C=O) groups is 1. The molecular weight excluding hydrogens is 442 g/mol. The number of fused-ring (bicyclic) bond motifs is 1. The molecule has 0 saturated carbocycles. The summed E-state index contributed by atoms with van der Waals surface area (Å²) in [6.45, 7) is 21.4. The number of rotatable bonds is 6. The molecule has 0 spiro atoms. The molecule has 2 aromatic heterocycles. The predicted octanol–water partition coefficient (Wildman–Crippen LogP) is 7.18. The van der Waals surface area contributed by atoms with E-state index in [1.54, 1.807) is 7.11 Å². The minimum atomic E-state index is -1.90. The van der Waals surface area contributed by atoms with E-state index in [1.807, 2.05) is 25.7 Å². The van der Waals surface area contributed by atoms with Gasteiger partial charge in [0, 0.05) is 18.7 Å². The minimum Gasteiger partial charge on any atom is -0.481 e. The number of carbonyl (C=O) groups excluding carboxylic acids is 1. The summed E-state index contributed by atoms with van der Waals surface area (Å²) in [5, 5.41) is 0. The topological polar surface area (TPSA) is 56.6 Å². The van der Waals surface area contributed by atoms with Gasteiger partial charge in [0.2, 0.25) is 5.88 Å². The number of aromatic nitrogens is 2. The van der Waals surface area contributed by atoms with Crippen molar-refractivity contribution in [1.29, 1.82) is 0 Å². The molecule has 1 aliphatic heterocycles. The van der Waals surface area contributed by atoms with Crippen LogP contribution in [-0.2, 0) is 4.74 Å². The Labute approximate surface area is 207 Å². The van der Waals surface area contributed by atoms with E-state index in [2.05, 4.69) is 64.1 Å². The van der Waals surface area contributed by atoms with E-state index < -0.39 is 13.8 Å². The number of pyridine rings is 1. The van der Waals surface area contributed by atoms with E-state index >= 15 is 0 Å². The van der Waals surface area contributed by atoms with Gasteiger partial charge in [0.15, 0.2) is 8.24 Å². The van der Waals surface area contributed by atoms with E-state index in [4.69, 9.17) is 14.5 Å². The number of amides is 1. The van der Waals surface area contributed by atoms with Gasteiger partial charge in [-0.25, -0.2) is 9.78 Å². The second kappa shape index (κ2) is 9.92. The van der Waals surface area contributed by atoms with Gasteiger partial charge in [-0.2, -0.15) is 0 Å². The average molecular weight is 488 g/mol. The predicted molar refractivity (Wildman–Crippen MR) is 143 cm³/mol. The Balaban J connectivity index is 1.98. The van der Waals surface area contributed by atoms with Gasteiger partial charge < -0.3 is 18.6 Å². The van der Waals surface area contributed by atoms with Crippen molar-refractivity contribution < 1.29 is 14.3 Å². The molecule has 0 atom stereocenters. The van der Waals surface area contributed by atoms with Gasteiger partial charge in [-0.3, -0.25) is 0 Å². The van der Waals surface area contributed by atoms with Gasteiger partial charge in [-0.05, 0) is 74.5 Å². The normalized spacial score (nSPS) is 16.2. The van der Waals surface area contributed by atoms with Crippen molar-refractivity contribution in [2.24, 2.45) is 0 Å². The second-order valence-corrected chi connectivity index (χ2v) is 17.5. The molecule has 3 heterocycles. The van der Waals surface area contributed by atoms with Gasteiger partial charge in [0.25, 0.3) is 0 Å². The van der Waals surface area contributed by atoms with Crippen LogP contribution in [0.3, 0.4) is 0 Å². The molecule has 0 aliphatic carbocycles. The molecule has 1 saturated heterocycles. The Hall–Kier alpha value is -2.02. The summed E-state index contributed by atoms with van der Waals surface area (Å²) in [5.74, 6) is 1.02. The van der Waals surface area contributed by atoms with E-state index in [0.717, 1.165) is 23.9 Å². The number of hydrogen-bond acceptors (Lipinski definition) is 4. The largest absolute Gasteiger partial charge is 0.481 e. The van der Waals surface area contributed by atoms with Crippen molar-refractivity contribution in [1.82, 2.24) is 14.1 Å². The number of piperidine rings is 1.